The smallest absolute Gasteiger partial charge is 0.313 e. The van der Waals surface area contributed by atoms with Crippen molar-refractivity contribution in [2.75, 3.05) is 55.7 Å². The molecule has 0 bridgehead atoms. The average Bonchev–Trinajstić information content (AvgIpc) is 3.32. The minimum Gasteiger partial charge on any atom is -0.383 e. The number of fused-ring (bicyclic) bond motifs is 1. The molecular formula is C29H40N6O2. The number of carbonyl (C=O) groups excluding carboxylic acids is 2. The number of nitrogens with one attached hydrogen (secondary N) is 1. The number of carbonyl (C=O) groups is 2. The van der Waals surface area contributed by atoms with Gasteiger partial charge < -0.3 is 25.8 Å². The lowest BCUT2D eigenvalue weighted by Gasteiger charge is -2.38. The first-order valence-corrected chi connectivity index (χ1v) is 13.7. The van der Waals surface area contributed by atoms with Crippen molar-refractivity contribution in [1.82, 2.24) is 14.8 Å². The molecule has 2 aromatic rings. The summed E-state index contributed by atoms with van der Waals surface area (Å²) in [5.74, 6) is 1.20. The molecule has 3 saturated heterocycles. The molecule has 3 aliphatic heterocycles. The van der Waals surface area contributed by atoms with Crippen LogP contribution in [0.4, 0.5) is 17.2 Å². The van der Waals surface area contributed by atoms with Crippen LogP contribution in [0.3, 0.4) is 0 Å². The van der Waals surface area contributed by atoms with Gasteiger partial charge in [0.05, 0.1) is 17.9 Å². The van der Waals surface area contributed by atoms with Crippen molar-refractivity contribution >= 4 is 29.0 Å². The van der Waals surface area contributed by atoms with Crippen molar-refractivity contribution in [3.05, 3.63) is 47.7 Å². The number of nitrogen functional groups attached to an aromatic ring is 1. The Morgan fingerprint density at radius 1 is 1.05 bits per heavy atom. The number of likely N-dealkylation sites (tertiary alicyclic amines) is 2. The molecule has 3 aliphatic rings. The van der Waals surface area contributed by atoms with Crippen LogP contribution in [0.25, 0.3) is 0 Å². The monoisotopic (exact) mass is 504 g/mol. The Morgan fingerprint density at radius 3 is 2.57 bits per heavy atom. The fourth-order valence-corrected chi connectivity index (χ4v) is 6.38. The zero-order valence-electron chi connectivity index (χ0n) is 22.3. The molecule has 8 heteroatoms. The molecule has 0 aliphatic carbocycles. The fraction of sp³-hybridized carbons (Fsp3) is 0.552. The van der Waals surface area contributed by atoms with E-state index < -0.39 is 11.8 Å². The first kappa shape index (κ1) is 25.5. The average molecular weight is 505 g/mol. The number of nitrogens with zero attached hydrogens (tertiary/aromatic N) is 4. The number of aromatic nitrogens is 1. The molecule has 198 valence electrons. The summed E-state index contributed by atoms with van der Waals surface area (Å²) in [7, 11) is 2.22. The number of piperidine rings is 2. The van der Waals surface area contributed by atoms with Crippen LogP contribution in [0.5, 0.6) is 0 Å². The van der Waals surface area contributed by atoms with E-state index in [1.165, 1.54) is 31.4 Å². The Kier molecular flexibility index (Phi) is 7.38. The highest BCUT2D eigenvalue weighted by Crippen LogP contribution is 2.37. The van der Waals surface area contributed by atoms with Crippen molar-refractivity contribution in [3.63, 3.8) is 0 Å². The standard InChI is InChI=1S/C29H40N6O2/c1-4-20-13-24(14-31-27(20)30)32-28(36)29(37)35-15-19(2)5-10-26(35)21-6-8-25(9-7-21)34-17-22-11-12-33(3)16-23(22)18-34/h6-9,13-14,19,22-23,26H,4-5,10-12,15-18H2,1-3H3,(H2,30,31)(H,32,36)/t19-,22+,23-,26+/m0/s1. The van der Waals surface area contributed by atoms with Crippen LogP contribution in [-0.4, -0.2) is 66.4 Å². The van der Waals surface area contributed by atoms with Crippen LogP contribution in [0.2, 0.25) is 0 Å². The van der Waals surface area contributed by atoms with Crippen LogP contribution in [0, 0.1) is 17.8 Å². The van der Waals surface area contributed by atoms with Crippen molar-refractivity contribution in [2.24, 2.45) is 17.8 Å². The third-order valence-electron chi connectivity index (χ3n) is 8.56. The summed E-state index contributed by atoms with van der Waals surface area (Å²) in [5, 5.41) is 2.74. The number of benzene rings is 1. The van der Waals surface area contributed by atoms with E-state index in [4.69, 9.17) is 5.73 Å². The molecule has 0 unspecified atom stereocenters. The van der Waals surface area contributed by atoms with E-state index in [1.54, 1.807) is 11.0 Å². The Bertz CT molecular complexity index is 1140. The molecule has 0 saturated carbocycles. The number of hydrogen-bond donors (Lipinski definition) is 2. The van der Waals surface area contributed by atoms with Gasteiger partial charge >= 0.3 is 11.8 Å². The first-order valence-electron chi connectivity index (χ1n) is 13.7. The topological polar surface area (TPSA) is 94.8 Å². The number of anilines is 3. The number of rotatable bonds is 4. The Labute approximate surface area is 220 Å². The maximum absolute atomic E-state index is 13.4. The molecule has 4 atom stereocenters. The van der Waals surface area contributed by atoms with E-state index in [1.807, 2.05) is 6.92 Å². The first-order chi connectivity index (χ1) is 17.8. The second-order valence-corrected chi connectivity index (χ2v) is 11.3. The summed E-state index contributed by atoms with van der Waals surface area (Å²) in [6.07, 6.45) is 5.36. The lowest BCUT2D eigenvalue weighted by Crippen LogP contribution is -2.46. The highest BCUT2D eigenvalue weighted by molar-refractivity contribution is 6.39. The summed E-state index contributed by atoms with van der Waals surface area (Å²) in [6.45, 7) is 9.31. The summed E-state index contributed by atoms with van der Waals surface area (Å²) in [6, 6.07) is 10.4. The van der Waals surface area contributed by atoms with Gasteiger partial charge in [0.15, 0.2) is 0 Å². The van der Waals surface area contributed by atoms with Gasteiger partial charge in [-0.25, -0.2) is 4.98 Å². The molecule has 3 N–H and O–H groups in total. The Morgan fingerprint density at radius 2 is 1.81 bits per heavy atom. The maximum Gasteiger partial charge on any atom is 0.313 e. The van der Waals surface area contributed by atoms with E-state index >= 15 is 0 Å². The van der Waals surface area contributed by atoms with Crippen molar-refractivity contribution in [1.29, 1.82) is 0 Å². The predicted molar refractivity (Wildman–Crippen MR) is 147 cm³/mol. The van der Waals surface area contributed by atoms with Crippen molar-refractivity contribution < 1.29 is 9.59 Å². The third-order valence-corrected chi connectivity index (χ3v) is 8.56. The van der Waals surface area contributed by atoms with E-state index in [9.17, 15) is 9.59 Å². The largest absolute Gasteiger partial charge is 0.383 e. The number of hydrogen-bond acceptors (Lipinski definition) is 6. The second-order valence-electron chi connectivity index (χ2n) is 11.3. The molecule has 1 aromatic heterocycles. The molecule has 0 radical (unpaired) electrons. The van der Waals surface area contributed by atoms with Gasteiger partial charge in [-0.1, -0.05) is 26.0 Å². The minimum atomic E-state index is -0.631. The molecule has 4 heterocycles. The van der Waals surface area contributed by atoms with Gasteiger partial charge in [-0.15, -0.1) is 0 Å². The third kappa shape index (κ3) is 5.44. The number of nitrogens with two attached hydrogens (primary N) is 1. The summed E-state index contributed by atoms with van der Waals surface area (Å²) in [5.41, 5.74) is 9.57. The van der Waals surface area contributed by atoms with Crippen LogP contribution in [0.15, 0.2) is 36.5 Å². The van der Waals surface area contributed by atoms with Crippen LogP contribution in [-0.2, 0) is 16.0 Å². The SMILES string of the molecule is CCc1cc(NC(=O)C(=O)N2C[C@@H](C)CC[C@@H]2c2ccc(N3C[C@H]4CCN(C)C[C@H]4C3)cc2)cnc1N. The lowest BCUT2D eigenvalue weighted by atomic mass is 9.89. The van der Waals surface area contributed by atoms with Gasteiger partial charge in [0.25, 0.3) is 0 Å². The molecule has 3 fully saturated rings. The van der Waals surface area contributed by atoms with Gasteiger partial charge in [0.1, 0.15) is 5.82 Å². The van der Waals surface area contributed by atoms with Crippen molar-refractivity contribution in [2.45, 2.75) is 45.6 Å². The van der Waals surface area contributed by atoms with Gasteiger partial charge in [0, 0.05) is 31.9 Å². The zero-order chi connectivity index (χ0) is 26.1. The number of amides is 2. The quantitative estimate of drug-likeness (QED) is 0.619. The predicted octanol–water partition coefficient (Wildman–Crippen LogP) is 3.55. The fourth-order valence-electron chi connectivity index (χ4n) is 6.38. The Hall–Kier alpha value is -3.13. The molecule has 0 spiro atoms. The van der Waals surface area contributed by atoms with Gasteiger partial charge in [-0.3, -0.25) is 9.59 Å². The van der Waals surface area contributed by atoms with Crippen LogP contribution in [0.1, 0.15) is 50.3 Å². The zero-order valence-corrected chi connectivity index (χ0v) is 22.3. The number of aryl methyl sites for hydroxylation is 1. The van der Waals surface area contributed by atoms with Gasteiger partial charge in [0.2, 0.25) is 0 Å². The normalized spacial score (nSPS) is 26.1. The van der Waals surface area contributed by atoms with Gasteiger partial charge in [-0.05, 0) is 86.4 Å². The molecule has 2 amide bonds. The van der Waals surface area contributed by atoms with E-state index in [2.05, 4.69) is 58.3 Å². The molecular weight excluding hydrogens is 464 g/mol. The minimum absolute atomic E-state index is 0.103. The summed E-state index contributed by atoms with van der Waals surface area (Å²) >= 11 is 0. The molecule has 37 heavy (non-hydrogen) atoms. The Balaban J connectivity index is 1.28. The van der Waals surface area contributed by atoms with Gasteiger partial charge in [-0.2, -0.15) is 0 Å². The number of pyridine rings is 1. The van der Waals surface area contributed by atoms with E-state index in [0.717, 1.165) is 48.9 Å². The maximum atomic E-state index is 13.4. The van der Waals surface area contributed by atoms with Crippen LogP contribution < -0.4 is 16.0 Å². The summed E-state index contributed by atoms with van der Waals surface area (Å²) < 4.78 is 0. The molecule has 1 aromatic carbocycles. The van der Waals surface area contributed by atoms with E-state index in [0.29, 0.717) is 30.4 Å². The summed E-state index contributed by atoms with van der Waals surface area (Å²) in [4.78, 5) is 37.2. The highest BCUT2D eigenvalue weighted by Gasteiger charge is 2.37. The highest BCUT2D eigenvalue weighted by atomic mass is 16.2. The molecule has 8 nitrogen and oxygen atoms in total. The van der Waals surface area contributed by atoms with E-state index in [-0.39, 0.29) is 6.04 Å². The lowest BCUT2D eigenvalue weighted by molar-refractivity contribution is -0.146. The van der Waals surface area contributed by atoms with Crippen molar-refractivity contribution in [3.8, 4) is 0 Å². The molecule has 5 rings (SSSR count). The van der Waals surface area contributed by atoms with Crippen LogP contribution >= 0.6 is 0 Å². The second kappa shape index (κ2) is 10.7.